The molecule has 0 heterocycles. The van der Waals surface area contributed by atoms with E-state index in [9.17, 15) is 4.39 Å². The Morgan fingerprint density at radius 1 is 1.47 bits per heavy atom. The van der Waals surface area contributed by atoms with Crippen LogP contribution in [0.5, 0.6) is 5.75 Å². The lowest BCUT2D eigenvalue weighted by molar-refractivity contribution is 0.209. The summed E-state index contributed by atoms with van der Waals surface area (Å²) in [5.74, 6) is 5.65. The molecule has 17 heavy (non-hydrogen) atoms. The van der Waals surface area contributed by atoms with Gasteiger partial charge >= 0.3 is 0 Å². The second-order valence-corrected chi connectivity index (χ2v) is 4.06. The molecule has 1 aromatic rings. The molecule has 92 valence electrons. The summed E-state index contributed by atoms with van der Waals surface area (Å²) in [7, 11) is 0. The third-order valence-corrected chi connectivity index (χ3v) is 2.40. The molecule has 1 nitrogen and oxygen atoms in total. The lowest BCUT2D eigenvalue weighted by Gasteiger charge is -2.13. The Kier molecular flexibility index (Phi) is 5.86. The minimum atomic E-state index is -0.371. The Hall–Kier alpha value is -1.20. The number of ether oxygens (including phenoxy) is 1. The van der Waals surface area contributed by atoms with Crippen molar-refractivity contribution in [2.24, 2.45) is 0 Å². The Labute approximate surface area is 107 Å². The van der Waals surface area contributed by atoms with E-state index in [-0.39, 0.29) is 17.8 Å². The van der Waals surface area contributed by atoms with Crippen molar-refractivity contribution < 1.29 is 9.13 Å². The summed E-state index contributed by atoms with van der Waals surface area (Å²) in [6.45, 7) is 4.06. The van der Waals surface area contributed by atoms with E-state index in [1.54, 1.807) is 12.1 Å². The van der Waals surface area contributed by atoms with Gasteiger partial charge in [0.2, 0.25) is 0 Å². The largest absolute Gasteiger partial charge is 0.491 e. The number of alkyl halides is 1. The van der Waals surface area contributed by atoms with Gasteiger partial charge in [-0.25, -0.2) is 4.39 Å². The van der Waals surface area contributed by atoms with Crippen LogP contribution in [0.25, 0.3) is 0 Å². The molecule has 0 aliphatic heterocycles. The lowest BCUT2D eigenvalue weighted by atomic mass is 10.2. The lowest BCUT2D eigenvalue weighted by Crippen LogP contribution is -2.11. The molecular formula is C14H16ClFO. The van der Waals surface area contributed by atoms with Crippen LogP contribution in [-0.2, 0) is 0 Å². The molecule has 0 aromatic heterocycles. The van der Waals surface area contributed by atoms with E-state index < -0.39 is 0 Å². The van der Waals surface area contributed by atoms with Crippen LogP contribution in [0.1, 0.15) is 32.3 Å². The van der Waals surface area contributed by atoms with E-state index in [1.807, 2.05) is 6.92 Å². The Balaban J connectivity index is 2.75. The first-order valence-corrected chi connectivity index (χ1v) is 6.21. The average molecular weight is 255 g/mol. The van der Waals surface area contributed by atoms with Gasteiger partial charge in [-0.15, -0.1) is 11.6 Å². The summed E-state index contributed by atoms with van der Waals surface area (Å²) in [5, 5.41) is 0. The van der Waals surface area contributed by atoms with E-state index in [1.165, 1.54) is 6.07 Å². The summed E-state index contributed by atoms with van der Waals surface area (Å²) < 4.78 is 19.2. The van der Waals surface area contributed by atoms with Crippen LogP contribution in [0.4, 0.5) is 4.39 Å². The van der Waals surface area contributed by atoms with Gasteiger partial charge in [0.25, 0.3) is 0 Å². The van der Waals surface area contributed by atoms with Crippen LogP contribution < -0.4 is 4.74 Å². The molecule has 0 saturated heterocycles. The molecule has 1 rings (SSSR count). The van der Waals surface area contributed by atoms with Crippen molar-refractivity contribution in [1.82, 2.24) is 0 Å². The summed E-state index contributed by atoms with van der Waals surface area (Å²) in [6, 6.07) is 4.71. The highest BCUT2D eigenvalue weighted by Crippen LogP contribution is 2.18. The summed E-state index contributed by atoms with van der Waals surface area (Å²) in [6.07, 6.45) is 2.09. The maximum absolute atomic E-state index is 13.6. The Morgan fingerprint density at radius 2 is 2.24 bits per heavy atom. The van der Waals surface area contributed by atoms with Crippen LogP contribution in [-0.4, -0.2) is 12.0 Å². The zero-order valence-electron chi connectivity index (χ0n) is 10.1. The van der Waals surface area contributed by atoms with Crippen molar-refractivity contribution in [1.29, 1.82) is 0 Å². The zero-order chi connectivity index (χ0) is 12.7. The molecule has 1 aromatic carbocycles. The van der Waals surface area contributed by atoms with Crippen molar-refractivity contribution in [3.63, 3.8) is 0 Å². The maximum atomic E-state index is 13.6. The highest BCUT2D eigenvalue weighted by atomic mass is 35.5. The molecule has 1 atom stereocenters. The second-order valence-electron chi connectivity index (χ2n) is 3.79. The first kappa shape index (κ1) is 13.9. The number of benzene rings is 1. The van der Waals surface area contributed by atoms with Crippen LogP contribution >= 0.6 is 11.6 Å². The summed E-state index contributed by atoms with van der Waals surface area (Å²) >= 11 is 5.42. The predicted molar refractivity (Wildman–Crippen MR) is 69.0 cm³/mol. The van der Waals surface area contributed by atoms with Gasteiger partial charge in [-0.1, -0.05) is 25.2 Å². The van der Waals surface area contributed by atoms with E-state index in [0.717, 1.165) is 12.8 Å². The van der Waals surface area contributed by atoms with Gasteiger partial charge in [-0.05, 0) is 25.5 Å². The van der Waals surface area contributed by atoms with Crippen molar-refractivity contribution in [3.05, 3.63) is 29.6 Å². The standard InChI is InChI=1S/C14H16ClFO/c1-3-5-11(2)17-13-8-7-12(6-4-9-15)14(16)10-13/h7-8,10-11H,3,5,9H2,1-2H3. The first-order valence-electron chi connectivity index (χ1n) is 5.68. The third-order valence-electron chi connectivity index (χ3n) is 2.26. The van der Waals surface area contributed by atoms with Gasteiger partial charge in [0.15, 0.2) is 0 Å². The van der Waals surface area contributed by atoms with Crippen LogP contribution in [0.15, 0.2) is 18.2 Å². The van der Waals surface area contributed by atoms with Crippen molar-refractivity contribution in [3.8, 4) is 17.6 Å². The molecule has 0 amide bonds. The molecule has 0 aliphatic carbocycles. The molecule has 0 radical (unpaired) electrons. The highest BCUT2D eigenvalue weighted by Gasteiger charge is 2.05. The van der Waals surface area contributed by atoms with Crippen LogP contribution in [0, 0.1) is 17.7 Å². The predicted octanol–water partition coefficient (Wildman–Crippen LogP) is 3.98. The first-order chi connectivity index (χ1) is 8.17. The van der Waals surface area contributed by atoms with Crippen molar-refractivity contribution >= 4 is 11.6 Å². The summed E-state index contributed by atoms with van der Waals surface area (Å²) in [5.41, 5.74) is 0.348. The minimum Gasteiger partial charge on any atom is -0.491 e. The molecule has 1 unspecified atom stereocenters. The van der Waals surface area contributed by atoms with Gasteiger partial charge in [0.05, 0.1) is 17.5 Å². The number of rotatable bonds is 4. The van der Waals surface area contributed by atoms with Gasteiger partial charge in [-0.3, -0.25) is 0 Å². The molecule has 3 heteroatoms. The van der Waals surface area contributed by atoms with E-state index >= 15 is 0 Å². The molecule has 0 bridgehead atoms. The fraction of sp³-hybridized carbons (Fsp3) is 0.429. The molecular weight excluding hydrogens is 239 g/mol. The maximum Gasteiger partial charge on any atom is 0.142 e. The fourth-order valence-corrected chi connectivity index (χ4v) is 1.56. The van der Waals surface area contributed by atoms with Gasteiger partial charge in [0, 0.05) is 6.07 Å². The number of hydrogen-bond acceptors (Lipinski definition) is 1. The van der Waals surface area contributed by atoms with E-state index in [2.05, 4.69) is 18.8 Å². The summed E-state index contributed by atoms with van der Waals surface area (Å²) in [4.78, 5) is 0. The number of hydrogen-bond donors (Lipinski definition) is 0. The average Bonchev–Trinajstić information content (AvgIpc) is 2.28. The topological polar surface area (TPSA) is 9.23 Å². The molecule has 0 saturated carbocycles. The van der Waals surface area contributed by atoms with Gasteiger partial charge < -0.3 is 4.74 Å². The van der Waals surface area contributed by atoms with E-state index in [4.69, 9.17) is 16.3 Å². The van der Waals surface area contributed by atoms with Gasteiger partial charge in [0.1, 0.15) is 11.6 Å². The second kappa shape index (κ2) is 7.19. The normalized spacial score (nSPS) is 11.5. The Morgan fingerprint density at radius 3 is 2.82 bits per heavy atom. The zero-order valence-corrected chi connectivity index (χ0v) is 10.9. The van der Waals surface area contributed by atoms with E-state index in [0.29, 0.717) is 11.3 Å². The highest BCUT2D eigenvalue weighted by molar-refractivity contribution is 6.19. The van der Waals surface area contributed by atoms with Crippen LogP contribution in [0.3, 0.4) is 0 Å². The molecule has 0 N–H and O–H groups in total. The monoisotopic (exact) mass is 254 g/mol. The fourth-order valence-electron chi connectivity index (χ4n) is 1.50. The SMILES string of the molecule is CCCC(C)Oc1ccc(C#CCCl)c(F)c1. The van der Waals surface area contributed by atoms with Crippen molar-refractivity contribution in [2.75, 3.05) is 5.88 Å². The molecule has 0 aliphatic rings. The molecule has 0 fully saturated rings. The Bertz CT molecular complexity index is 420. The third kappa shape index (κ3) is 4.66. The number of halogens is 2. The van der Waals surface area contributed by atoms with Gasteiger partial charge in [-0.2, -0.15) is 0 Å². The van der Waals surface area contributed by atoms with Crippen LogP contribution in [0.2, 0.25) is 0 Å². The molecule has 0 spiro atoms. The van der Waals surface area contributed by atoms with Crippen molar-refractivity contribution in [2.45, 2.75) is 32.8 Å². The minimum absolute atomic E-state index is 0.0965. The smallest absolute Gasteiger partial charge is 0.142 e. The quantitative estimate of drug-likeness (QED) is 0.583.